The molecule has 0 bridgehead atoms. The predicted molar refractivity (Wildman–Crippen MR) is 118 cm³/mol. The van der Waals surface area contributed by atoms with Crippen LogP contribution in [-0.4, -0.2) is 40.0 Å². The lowest BCUT2D eigenvalue weighted by atomic mass is 9.95. The van der Waals surface area contributed by atoms with Crippen molar-refractivity contribution in [2.24, 2.45) is 0 Å². The van der Waals surface area contributed by atoms with E-state index in [1.54, 1.807) is 24.4 Å². The van der Waals surface area contributed by atoms with Crippen LogP contribution in [0.1, 0.15) is 36.0 Å². The molecule has 8 heteroatoms. The number of halogens is 1. The van der Waals surface area contributed by atoms with Crippen LogP contribution in [0, 0.1) is 11.2 Å². The number of rotatable bonds is 7. The number of phenolic OH excluding ortho intramolecular Hbond substituents is 1. The maximum atomic E-state index is 13.9. The van der Waals surface area contributed by atoms with Crippen molar-refractivity contribution < 1.29 is 14.2 Å². The van der Waals surface area contributed by atoms with Gasteiger partial charge in [0.05, 0.1) is 12.3 Å². The largest absolute Gasteiger partial charge is 0.505 e. The molecule has 1 saturated heterocycles. The maximum Gasteiger partial charge on any atom is 0.165 e. The molecule has 1 fully saturated rings. The summed E-state index contributed by atoms with van der Waals surface area (Å²) in [4.78, 5) is 7.55. The molecule has 1 unspecified atom stereocenters. The van der Waals surface area contributed by atoms with Gasteiger partial charge in [0.25, 0.3) is 0 Å². The highest BCUT2D eigenvalue weighted by atomic mass is 19.1. The van der Waals surface area contributed by atoms with Gasteiger partial charge in [-0.3, -0.25) is 5.41 Å². The van der Waals surface area contributed by atoms with Gasteiger partial charge in [-0.15, -0.1) is 0 Å². The summed E-state index contributed by atoms with van der Waals surface area (Å²) in [7, 11) is 0. The molecule has 1 aromatic heterocycles. The van der Waals surface area contributed by atoms with Gasteiger partial charge in [0.15, 0.2) is 17.4 Å². The summed E-state index contributed by atoms with van der Waals surface area (Å²) >= 11 is 0. The van der Waals surface area contributed by atoms with E-state index in [9.17, 15) is 9.50 Å². The number of anilines is 1. The highest BCUT2D eigenvalue weighted by molar-refractivity contribution is 6.12. The van der Waals surface area contributed by atoms with E-state index in [-0.39, 0.29) is 11.5 Å². The van der Waals surface area contributed by atoms with Crippen LogP contribution in [-0.2, 0) is 17.7 Å². The topological polar surface area (TPSA) is 120 Å². The number of hydrogen-bond acceptors (Lipinski definition) is 6. The third kappa shape index (κ3) is 4.45. The zero-order valence-corrected chi connectivity index (χ0v) is 17.3. The fourth-order valence-electron chi connectivity index (χ4n) is 3.77. The minimum absolute atomic E-state index is 0.187. The Hall–Kier alpha value is -3.23. The number of aromatic hydroxyl groups is 1. The number of aromatic amines is 1. The highest BCUT2D eigenvalue weighted by Gasteiger charge is 2.17. The van der Waals surface area contributed by atoms with Crippen molar-refractivity contribution in [3.8, 4) is 16.9 Å². The molecule has 6 N–H and O–H groups in total. The number of H-pyrrole nitrogens is 1. The number of nitrogens with zero attached hydrogens (tertiary/aromatic N) is 1. The van der Waals surface area contributed by atoms with E-state index < -0.39 is 5.82 Å². The number of nitrogens with two attached hydrogens (primary N) is 1. The number of aromatic nitrogens is 2. The second-order valence-corrected chi connectivity index (χ2v) is 7.67. The Bertz CT molecular complexity index is 1110. The van der Waals surface area contributed by atoms with Gasteiger partial charge in [-0.2, -0.15) is 0 Å². The van der Waals surface area contributed by atoms with Gasteiger partial charge >= 0.3 is 0 Å². The zero-order chi connectivity index (χ0) is 22.0. The fourth-order valence-corrected chi connectivity index (χ4v) is 3.77. The number of imidazole rings is 1. The fraction of sp³-hybridized carbons (Fsp3) is 0.304. The molecule has 1 aliphatic rings. The van der Waals surface area contributed by atoms with Gasteiger partial charge in [-0.1, -0.05) is 19.1 Å². The summed E-state index contributed by atoms with van der Waals surface area (Å²) in [6, 6.07) is 8.35. The lowest BCUT2D eigenvalue weighted by Gasteiger charge is -2.12. The van der Waals surface area contributed by atoms with Gasteiger partial charge < -0.3 is 25.9 Å². The number of nitrogens with one attached hydrogen (secondary N) is 3. The minimum Gasteiger partial charge on any atom is -0.505 e. The molecule has 2 heterocycles. The van der Waals surface area contributed by atoms with Crippen molar-refractivity contribution in [3.05, 3.63) is 65.0 Å². The lowest BCUT2D eigenvalue weighted by Crippen LogP contribution is -2.28. The standard InChI is InChI=1S/C23H26FN5O2/c1-2-13-8-21(30)19(24)9-18(13)14-3-4-17(20(25)7-14)22(26)23-28-11-16(29-23)10-27-15-5-6-31-12-15/h3-4,7-9,11,15,26-27,30H,2,5-6,10,12,25H2,1H3,(H,28,29). The molecular weight excluding hydrogens is 397 g/mol. The lowest BCUT2D eigenvalue weighted by molar-refractivity contribution is 0.189. The molecule has 3 aromatic rings. The third-order valence-electron chi connectivity index (χ3n) is 5.55. The summed E-state index contributed by atoms with van der Waals surface area (Å²) in [5.74, 6) is -0.608. The number of benzene rings is 2. The summed E-state index contributed by atoms with van der Waals surface area (Å²) in [5, 5.41) is 21.6. The molecule has 1 aliphatic heterocycles. The molecule has 0 saturated carbocycles. The maximum absolute atomic E-state index is 13.9. The molecule has 1 atom stereocenters. The van der Waals surface area contributed by atoms with Crippen LogP contribution in [0.25, 0.3) is 11.1 Å². The number of phenols is 1. The Labute approximate surface area is 180 Å². The monoisotopic (exact) mass is 423 g/mol. The average Bonchev–Trinajstić information content (AvgIpc) is 3.45. The Morgan fingerprint density at radius 2 is 2.23 bits per heavy atom. The van der Waals surface area contributed by atoms with E-state index >= 15 is 0 Å². The van der Waals surface area contributed by atoms with E-state index in [1.807, 2.05) is 6.92 Å². The van der Waals surface area contributed by atoms with Crippen LogP contribution in [0.15, 0.2) is 36.5 Å². The molecule has 0 radical (unpaired) electrons. The summed E-state index contributed by atoms with van der Waals surface area (Å²) in [6.45, 7) is 4.02. The first-order valence-electron chi connectivity index (χ1n) is 10.3. The smallest absolute Gasteiger partial charge is 0.165 e. The minimum atomic E-state index is -0.677. The number of nitrogen functional groups attached to an aromatic ring is 1. The van der Waals surface area contributed by atoms with Crippen molar-refractivity contribution in [3.63, 3.8) is 0 Å². The quantitative estimate of drug-likeness (QED) is 0.295. The van der Waals surface area contributed by atoms with Crippen molar-refractivity contribution in [2.75, 3.05) is 18.9 Å². The molecule has 0 spiro atoms. The third-order valence-corrected chi connectivity index (χ3v) is 5.55. The Morgan fingerprint density at radius 1 is 1.39 bits per heavy atom. The van der Waals surface area contributed by atoms with Gasteiger partial charge in [-0.25, -0.2) is 9.37 Å². The normalized spacial score (nSPS) is 16.0. The van der Waals surface area contributed by atoms with E-state index in [0.717, 1.165) is 29.8 Å². The molecule has 0 aliphatic carbocycles. The van der Waals surface area contributed by atoms with Gasteiger partial charge in [0.2, 0.25) is 0 Å². The van der Waals surface area contributed by atoms with E-state index in [1.165, 1.54) is 12.1 Å². The molecular formula is C23H26FN5O2. The van der Waals surface area contributed by atoms with E-state index in [0.29, 0.717) is 48.3 Å². The van der Waals surface area contributed by atoms with Crippen molar-refractivity contribution in [1.82, 2.24) is 15.3 Å². The van der Waals surface area contributed by atoms with Gasteiger partial charge in [0, 0.05) is 36.6 Å². The van der Waals surface area contributed by atoms with E-state index in [2.05, 4.69) is 15.3 Å². The van der Waals surface area contributed by atoms with E-state index in [4.69, 9.17) is 15.9 Å². The number of hydrogen-bond donors (Lipinski definition) is 5. The molecule has 2 aromatic carbocycles. The first-order valence-corrected chi connectivity index (χ1v) is 10.3. The van der Waals surface area contributed by atoms with Crippen LogP contribution in [0.3, 0.4) is 0 Å². The first kappa shape index (κ1) is 21.0. The van der Waals surface area contributed by atoms with Crippen LogP contribution in [0.2, 0.25) is 0 Å². The van der Waals surface area contributed by atoms with Crippen LogP contribution < -0.4 is 11.1 Å². The van der Waals surface area contributed by atoms with Crippen LogP contribution >= 0.6 is 0 Å². The van der Waals surface area contributed by atoms with Crippen molar-refractivity contribution >= 4 is 11.4 Å². The van der Waals surface area contributed by atoms with Crippen LogP contribution in [0.4, 0.5) is 10.1 Å². The summed E-state index contributed by atoms with van der Waals surface area (Å²) in [6.07, 6.45) is 3.40. The number of ether oxygens (including phenoxy) is 1. The molecule has 31 heavy (non-hydrogen) atoms. The molecule has 7 nitrogen and oxygen atoms in total. The summed E-state index contributed by atoms with van der Waals surface area (Å²) < 4.78 is 19.3. The predicted octanol–water partition coefficient (Wildman–Crippen LogP) is 3.36. The summed E-state index contributed by atoms with van der Waals surface area (Å²) in [5.41, 5.74) is 10.4. The number of aryl methyl sites for hydroxylation is 1. The Balaban J connectivity index is 1.53. The molecule has 162 valence electrons. The molecule has 4 rings (SSSR count). The van der Waals surface area contributed by atoms with Crippen LogP contribution in [0.5, 0.6) is 5.75 Å². The Kier molecular flexibility index (Phi) is 6.01. The highest BCUT2D eigenvalue weighted by Crippen LogP contribution is 2.32. The molecule has 0 amide bonds. The Morgan fingerprint density at radius 3 is 2.94 bits per heavy atom. The first-order chi connectivity index (χ1) is 15.0. The van der Waals surface area contributed by atoms with Gasteiger partial charge in [-0.05, 0) is 47.7 Å². The second kappa shape index (κ2) is 8.87. The van der Waals surface area contributed by atoms with Crippen molar-refractivity contribution in [1.29, 1.82) is 5.41 Å². The second-order valence-electron chi connectivity index (χ2n) is 7.67. The zero-order valence-electron chi connectivity index (χ0n) is 17.3. The van der Waals surface area contributed by atoms with Gasteiger partial charge in [0.1, 0.15) is 5.71 Å². The van der Waals surface area contributed by atoms with Crippen molar-refractivity contribution in [2.45, 2.75) is 32.4 Å². The average molecular weight is 423 g/mol. The SMILES string of the molecule is CCc1cc(O)c(F)cc1-c1ccc(C(=N)c2nc(CNC3CCOC3)c[nH]2)c(N)c1.